The van der Waals surface area contributed by atoms with E-state index in [1.807, 2.05) is 6.92 Å². The Kier molecular flexibility index (Phi) is 6.61. The van der Waals surface area contributed by atoms with Crippen molar-refractivity contribution in [2.75, 3.05) is 26.2 Å². The highest BCUT2D eigenvalue weighted by Gasteiger charge is 2.34. The van der Waals surface area contributed by atoms with E-state index < -0.39 is 21.7 Å². The number of halogens is 2. The molecule has 4 rings (SSSR count). The second-order valence-corrected chi connectivity index (χ2v) is 10.3. The van der Waals surface area contributed by atoms with Crippen LogP contribution in [-0.4, -0.2) is 65.8 Å². The molecule has 172 valence electrons. The molecule has 0 radical (unpaired) electrons. The number of aromatic amines is 1. The number of piperidine rings is 1. The molecule has 2 atom stereocenters. The molecule has 0 aromatic carbocycles. The van der Waals surface area contributed by atoms with E-state index in [1.54, 1.807) is 0 Å². The van der Waals surface area contributed by atoms with Gasteiger partial charge in [0.2, 0.25) is 15.9 Å². The third-order valence-electron chi connectivity index (χ3n) is 5.77. The van der Waals surface area contributed by atoms with Gasteiger partial charge in [-0.05, 0) is 24.5 Å². The molecule has 2 aromatic heterocycles. The maximum Gasteiger partial charge on any atom is 0.245 e. The summed E-state index contributed by atoms with van der Waals surface area (Å²) < 4.78 is 39.9. The van der Waals surface area contributed by atoms with Crippen LogP contribution in [0.15, 0.2) is 29.8 Å². The molecule has 0 aliphatic carbocycles. The second kappa shape index (κ2) is 9.26. The van der Waals surface area contributed by atoms with Crippen molar-refractivity contribution >= 4 is 27.5 Å². The maximum atomic E-state index is 13.1. The molecular weight excluding hydrogens is 459 g/mol. The molecule has 32 heavy (non-hydrogen) atoms. The Morgan fingerprint density at radius 3 is 2.78 bits per heavy atom. The van der Waals surface area contributed by atoms with E-state index in [4.69, 9.17) is 11.6 Å². The first kappa shape index (κ1) is 22.8. The van der Waals surface area contributed by atoms with Crippen molar-refractivity contribution in [2.24, 2.45) is 5.92 Å². The summed E-state index contributed by atoms with van der Waals surface area (Å²) in [7, 11) is -3.72. The Balaban J connectivity index is 1.42. The van der Waals surface area contributed by atoms with Gasteiger partial charge in [-0.25, -0.2) is 22.8 Å². The number of rotatable bonds is 6. The third kappa shape index (κ3) is 5.01. The number of H-pyrrole nitrogens is 1. The van der Waals surface area contributed by atoms with Gasteiger partial charge in [-0.2, -0.15) is 4.31 Å². The van der Waals surface area contributed by atoms with Crippen LogP contribution in [0.1, 0.15) is 25.0 Å². The van der Waals surface area contributed by atoms with Crippen LogP contribution in [0, 0.1) is 11.7 Å². The molecule has 2 aromatic rings. The van der Waals surface area contributed by atoms with Gasteiger partial charge >= 0.3 is 0 Å². The van der Waals surface area contributed by atoms with Crippen LogP contribution in [0.5, 0.6) is 0 Å². The van der Waals surface area contributed by atoms with Gasteiger partial charge in [-0.15, -0.1) is 0 Å². The Labute approximate surface area is 190 Å². The number of sulfonamides is 1. The number of nitrogens with zero attached hydrogens (tertiary/aromatic N) is 3. The van der Waals surface area contributed by atoms with Crippen molar-refractivity contribution in [2.45, 2.75) is 25.3 Å². The average molecular weight is 483 g/mol. The fourth-order valence-corrected chi connectivity index (χ4v) is 5.43. The van der Waals surface area contributed by atoms with E-state index in [2.05, 4.69) is 25.6 Å². The topological polar surface area (TPSA) is 120 Å². The Morgan fingerprint density at radius 2 is 2.16 bits per heavy atom. The predicted octanol–water partition coefficient (Wildman–Crippen LogP) is 1.62. The molecular formula is C20H24ClFN6O3S. The smallest absolute Gasteiger partial charge is 0.245 e. The quantitative estimate of drug-likeness (QED) is 0.538. The first-order valence-electron chi connectivity index (χ1n) is 10.3. The minimum Gasteiger partial charge on any atom is -0.347 e. The lowest BCUT2D eigenvalue weighted by molar-refractivity contribution is -0.117. The van der Waals surface area contributed by atoms with E-state index in [0.29, 0.717) is 41.9 Å². The van der Waals surface area contributed by atoms with Crippen molar-refractivity contribution in [3.8, 4) is 11.5 Å². The predicted molar refractivity (Wildman–Crippen MR) is 118 cm³/mol. The summed E-state index contributed by atoms with van der Waals surface area (Å²) in [4.78, 5) is 23.4. The molecule has 0 unspecified atom stereocenters. The van der Waals surface area contributed by atoms with Crippen molar-refractivity contribution in [3.63, 3.8) is 0 Å². The van der Waals surface area contributed by atoms with Gasteiger partial charge in [0.25, 0.3) is 0 Å². The lowest BCUT2D eigenvalue weighted by atomic mass is 9.86. The van der Waals surface area contributed by atoms with Gasteiger partial charge in [0, 0.05) is 38.2 Å². The molecule has 2 aliphatic heterocycles. The SMILES string of the molecule is C[C@H]1CN(S(=O)(=O)C=CC(=O)NC2CNC2)CC[C@H]1c1[nH]c(-c2ccc(F)cn2)nc1Cl. The summed E-state index contributed by atoms with van der Waals surface area (Å²) in [5.74, 6) is -0.514. The Morgan fingerprint density at radius 1 is 1.38 bits per heavy atom. The van der Waals surface area contributed by atoms with E-state index in [-0.39, 0.29) is 31.0 Å². The first-order chi connectivity index (χ1) is 15.2. The Bertz CT molecular complexity index is 1120. The summed E-state index contributed by atoms with van der Waals surface area (Å²) in [6.45, 7) is 3.89. The highest BCUT2D eigenvalue weighted by molar-refractivity contribution is 7.92. The first-order valence-corrected chi connectivity index (χ1v) is 12.2. The van der Waals surface area contributed by atoms with Crippen molar-refractivity contribution < 1.29 is 17.6 Å². The fraction of sp³-hybridized carbons (Fsp3) is 0.450. The summed E-state index contributed by atoms with van der Waals surface area (Å²) in [5, 5.41) is 7.02. The van der Waals surface area contributed by atoms with Crippen LogP contribution in [0.4, 0.5) is 4.39 Å². The Hall–Kier alpha value is -2.34. The molecule has 0 saturated carbocycles. The molecule has 0 bridgehead atoms. The molecule has 2 aliphatic rings. The molecule has 0 spiro atoms. The lowest BCUT2D eigenvalue weighted by Gasteiger charge is -2.35. The minimum absolute atomic E-state index is 0.0333. The molecule has 1 amide bonds. The highest BCUT2D eigenvalue weighted by atomic mass is 35.5. The van der Waals surface area contributed by atoms with Crippen LogP contribution >= 0.6 is 11.6 Å². The lowest BCUT2D eigenvalue weighted by Crippen LogP contribution is -2.56. The van der Waals surface area contributed by atoms with Gasteiger partial charge in [0.1, 0.15) is 11.5 Å². The zero-order valence-electron chi connectivity index (χ0n) is 17.4. The monoisotopic (exact) mass is 482 g/mol. The van der Waals surface area contributed by atoms with Crippen LogP contribution < -0.4 is 10.6 Å². The molecule has 4 heterocycles. The van der Waals surface area contributed by atoms with E-state index in [1.165, 1.54) is 16.4 Å². The molecule has 2 fully saturated rings. The normalized spacial score (nSPS) is 22.7. The number of amides is 1. The van der Waals surface area contributed by atoms with E-state index >= 15 is 0 Å². The van der Waals surface area contributed by atoms with Gasteiger partial charge < -0.3 is 15.6 Å². The third-order valence-corrected chi connectivity index (χ3v) is 7.59. The fourth-order valence-electron chi connectivity index (χ4n) is 3.89. The van der Waals surface area contributed by atoms with Crippen LogP contribution in [0.2, 0.25) is 5.15 Å². The second-order valence-electron chi connectivity index (χ2n) is 8.09. The number of pyridine rings is 1. The van der Waals surface area contributed by atoms with Crippen molar-refractivity contribution in [3.05, 3.63) is 46.5 Å². The van der Waals surface area contributed by atoms with Crippen molar-refractivity contribution in [1.82, 2.24) is 29.9 Å². The van der Waals surface area contributed by atoms with Crippen LogP contribution in [0.25, 0.3) is 11.5 Å². The van der Waals surface area contributed by atoms with Gasteiger partial charge in [0.05, 0.1) is 23.3 Å². The highest BCUT2D eigenvalue weighted by Crippen LogP contribution is 2.37. The number of hydrogen-bond acceptors (Lipinski definition) is 6. The summed E-state index contributed by atoms with van der Waals surface area (Å²) in [6.07, 6.45) is 2.71. The standard InChI is InChI=1S/C20H24ClFN6O3S/c1-12-11-28(32(30,31)7-5-17(29)25-14-9-23-10-14)6-4-15(12)18-19(21)27-20(26-18)16-3-2-13(22)8-24-16/h2-3,5,7-8,12,14-15,23H,4,6,9-11H2,1H3,(H,25,29)(H,26,27)/t12-,15+/m0/s1. The summed E-state index contributed by atoms with van der Waals surface area (Å²) in [6, 6.07) is 2.85. The van der Waals surface area contributed by atoms with E-state index in [9.17, 15) is 17.6 Å². The van der Waals surface area contributed by atoms with Crippen LogP contribution in [-0.2, 0) is 14.8 Å². The average Bonchev–Trinajstić information content (AvgIpc) is 3.11. The van der Waals surface area contributed by atoms with Gasteiger partial charge in [-0.1, -0.05) is 18.5 Å². The number of carbonyl (C=O) groups is 1. The zero-order chi connectivity index (χ0) is 22.9. The largest absolute Gasteiger partial charge is 0.347 e. The zero-order valence-corrected chi connectivity index (χ0v) is 19.0. The molecule has 12 heteroatoms. The molecule has 9 nitrogen and oxygen atoms in total. The number of imidazole rings is 1. The van der Waals surface area contributed by atoms with Gasteiger partial charge in [0.15, 0.2) is 11.0 Å². The van der Waals surface area contributed by atoms with Crippen LogP contribution in [0.3, 0.4) is 0 Å². The molecule has 3 N–H and O–H groups in total. The van der Waals surface area contributed by atoms with Gasteiger partial charge in [-0.3, -0.25) is 4.79 Å². The number of aromatic nitrogens is 3. The number of hydrogen-bond donors (Lipinski definition) is 3. The summed E-state index contributed by atoms with van der Waals surface area (Å²) >= 11 is 6.36. The minimum atomic E-state index is -3.72. The number of nitrogens with one attached hydrogen (secondary N) is 3. The van der Waals surface area contributed by atoms with Crippen molar-refractivity contribution in [1.29, 1.82) is 0 Å². The number of carbonyl (C=O) groups excluding carboxylic acids is 1. The summed E-state index contributed by atoms with van der Waals surface area (Å²) in [5.41, 5.74) is 1.18. The van der Waals surface area contributed by atoms with E-state index in [0.717, 1.165) is 17.7 Å². The molecule has 2 saturated heterocycles. The maximum absolute atomic E-state index is 13.1.